The lowest BCUT2D eigenvalue weighted by Gasteiger charge is -2.20. The molecule has 138 valence electrons. The van der Waals surface area contributed by atoms with Crippen molar-refractivity contribution >= 4 is 11.8 Å². The molecular formula is C19H28N2O4. The van der Waals surface area contributed by atoms with E-state index in [1.54, 1.807) is 18.2 Å². The second-order valence-electron chi connectivity index (χ2n) is 6.42. The summed E-state index contributed by atoms with van der Waals surface area (Å²) in [7, 11) is 1.53. The van der Waals surface area contributed by atoms with E-state index in [0.717, 1.165) is 19.3 Å². The zero-order valence-corrected chi connectivity index (χ0v) is 15.1. The predicted octanol–water partition coefficient (Wildman–Crippen LogP) is 3.22. The summed E-state index contributed by atoms with van der Waals surface area (Å²) in [4.78, 5) is 24.2. The summed E-state index contributed by atoms with van der Waals surface area (Å²) in [5.41, 5.74) is 5.37. The average Bonchev–Trinajstić information content (AvgIpc) is 2.65. The smallest absolute Gasteiger partial charge is 0.269 e. The van der Waals surface area contributed by atoms with E-state index < -0.39 is 0 Å². The molecule has 1 aliphatic carbocycles. The Balaban J connectivity index is 1.86. The molecule has 2 N–H and O–H groups in total. The molecule has 2 amide bonds. The van der Waals surface area contributed by atoms with Crippen LogP contribution in [-0.4, -0.2) is 25.5 Å². The molecule has 1 aliphatic rings. The van der Waals surface area contributed by atoms with Crippen molar-refractivity contribution in [2.24, 2.45) is 5.92 Å². The number of hydrogen-bond donors (Lipinski definition) is 2. The third-order valence-corrected chi connectivity index (χ3v) is 4.40. The Labute approximate surface area is 149 Å². The van der Waals surface area contributed by atoms with Gasteiger partial charge in [-0.15, -0.1) is 0 Å². The van der Waals surface area contributed by atoms with Crippen LogP contribution in [-0.2, 0) is 4.79 Å². The Hall–Kier alpha value is -2.24. The lowest BCUT2D eigenvalue weighted by atomic mass is 9.87. The number of carbonyl (C=O) groups is 2. The first-order valence-electron chi connectivity index (χ1n) is 9.04. The van der Waals surface area contributed by atoms with E-state index in [1.807, 2.05) is 6.92 Å². The fourth-order valence-corrected chi connectivity index (χ4v) is 3.04. The second kappa shape index (κ2) is 9.91. The summed E-state index contributed by atoms with van der Waals surface area (Å²) in [6.07, 6.45) is 7.18. The summed E-state index contributed by atoms with van der Waals surface area (Å²) in [5.74, 6) is 1.00. The fraction of sp³-hybridized carbons (Fsp3) is 0.579. The van der Waals surface area contributed by atoms with Crippen molar-refractivity contribution in [3.05, 3.63) is 23.8 Å². The zero-order valence-electron chi connectivity index (χ0n) is 15.1. The molecule has 25 heavy (non-hydrogen) atoms. The monoisotopic (exact) mass is 348 g/mol. The highest BCUT2D eigenvalue weighted by Crippen LogP contribution is 2.28. The van der Waals surface area contributed by atoms with Gasteiger partial charge < -0.3 is 9.47 Å². The lowest BCUT2D eigenvalue weighted by molar-refractivity contribution is -0.123. The molecule has 6 heteroatoms. The summed E-state index contributed by atoms with van der Waals surface area (Å²) in [5, 5.41) is 0. The maximum Gasteiger partial charge on any atom is 0.269 e. The average molecular weight is 348 g/mol. The summed E-state index contributed by atoms with van der Waals surface area (Å²) >= 11 is 0. The number of amides is 2. The van der Waals surface area contributed by atoms with E-state index in [0.29, 0.717) is 36.0 Å². The maximum absolute atomic E-state index is 12.2. The fourth-order valence-electron chi connectivity index (χ4n) is 3.04. The van der Waals surface area contributed by atoms with Crippen LogP contribution >= 0.6 is 0 Å². The van der Waals surface area contributed by atoms with Crippen LogP contribution in [0.2, 0.25) is 0 Å². The Morgan fingerprint density at radius 3 is 2.56 bits per heavy atom. The lowest BCUT2D eigenvalue weighted by Crippen LogP contribution is -2.42. The molecule has 6 nitrogen and oxygen atoms in total. The highest BCUT2D eigenvalue weighted by atomic mass is 16.5. The largest absolute Gasteiger partial charge is 0.493 e. The van der Waals surface area contributed by atoms with Crippen LogP contribution in [0.15, 0.2) is 18.2 Å². The van der Waals surface area contributed by atoms with Crippen molar-refractivity contribution in [2.75, 3.05) is 13.7 Å². The molecule has 0 spiro atoms. The Bertz CT molecular complexity index is 583. The highest BCUT2D eigenvalue weighted by molar-refractivity contribution is 5.96. The van der Waals surface area contributed by atoms with Crippen molar-refractivity contribution in [1.29, 1.82) is 0 Å². The van der Waals surface area contributed by atoms with Crippen molar-refractivity contribution in [1.82, 2.24) is 10.9 Å². The van der Waals surface area contributed by atoms with E-state index in [2.05, 4.69) is 10.9 Å². The summed E-state index contributed by atoms with van der Waals surface area (Å²) in [6, 6.07) is 4.96. The number of carbonyl (C=O) groups excluding carboxylic acids is 2. The third-order valence-electron chi connectivity index (χ3n) is 4.40. The van der Waals surface area contributed by atoms with Gasteiger partial charge in [-0.3, -0.25) is 20.4 Å². The topological polar surface area (TPSA) is 76.7 Å². The van der Waals surface area contributed by atoms with Gasteiger partial charge in [0.15, 0.2) is 11.5 Å². The maximum atomic E-state index is 12.2. The number of hydrogen-bond acceptors (Lipinski definition) is 4. The molecule has 1 fully saturated rings. The van der Waals surface area contributed by atoms with Gasteiger partial charge in [-0.2, -0.15) is 0 Å². The molecule has 1 aromatic rings. The van der Waals surface area contributed by atoms with Crippen LogP contribution in [0, 0.1) is 5.92 Å². The Kier molecular flexibility index (Phi) is 7.57. The van der Waals surface area contributed by atoms with Gasteiger partial charge in [-0.1, -0.05) is 26.2 Å². The molecule has 0 radical (unpaired) electrons. The van der Waals surface area contributed by atoms with E-state index in [-0.39, 0.29) is 11.8 Å². The zero-order chi connectivity index (χ0) is 18.1. The molecule has 0 saturated heterocycles. The molecular weight excluding hydrogens is 320 g/mol. The van der Waals surface area contributed by atoms with Crippen LogP contribution < -0.4 is 20.3 Å². The number of rotatable bonds is 7. The van der Waals surface area contributed by atoms with Crippen molar-refractivity contribution in [3.8, 4) is 11.5 Å². The molecule has 1 saturated carbocycles. The van der Waals surface area contributed by atoms with E-state index in [4.69, 9.17) is 9.47 Å². The summed E-state index contributed by atoms with van der Waals surface area (Å²) < 4.78 is 10.8. The molecule has 0 unspecified atom stereocenters. The van der Waals surface area contributed by atoms with E-state index in [1.165, 1.54) is 26.4 Å². The predicted molar refractivity (Wildman–Crippen MR) is 95.6 cm³/mol. The van der Waals surface area contributed by atoms with Gasteiger partial charge >= 0.3 is 0 Å². The van der Waals surface area contributed by atoms with Gasteiger partial charge in [-0.25, -0.2) is 0 Å². The van der Waals surface area contributed by atoms with Crippen molar-refractivity contribution in [2.45, 2.75) is 51.9 Å². The normalized spacial score (nSPS) is 14.6. The van der Waals surface area contributed by atoms with Crippen molar-refractivity contribution < 1.29 is 19.1 Å². The number of methoxy groups -OCH3 is 1. The molecule has 0 bridgehead atoms. The van der Waals surface area contributed by atoms with Gasteiger partial charge in [0.05, 0.1) is 13.7 Å². The summed E-state index contributed by atoms with van der Waals surface area (Å²) in [6.45, 7) is 2.60. The SMILES string of the molecule is CCCOc1ccc(C(=O)NNC(=O)CC2CCCCC2)cc1OC. The Morgan fingerprint density at radius 1 is 1.12 bits per heavy atom. The van der Waals surface area contributed by atoms with Gasteiger partial charge in [0, 0.05) is 12.0 Å². The minimum Gasteiger partial charge on any atom is -0.493 e. The first-order valence-corrected chi connectivity index (χ1v) is 9.04. The van der Waals surface area contributed by atoms with Crippen LogP contribution in [0.4, 0.5) is 0 Å². The molecule has 0 aliphatic heterocycles. The van der Waals surface area contributed by atoms with Crippen molar-refractivity contribution in [3.63, 3.8) is 0 Å². The highest BCUT2D eigenvalue weighted by Gasteiger charge is 2.18. The molecule has 1 aromatic carbocycles. The Morgan fingerprint density at radius 2 is 1.88 bits per heavy atom. The molecule has 0 aromatic heterocycles. The number of hydrazine groups is 1. The van der Waals surface area contributed by atoms with Crippen LogP contribution in [0.1, 0.15) is 62.2 Å². The number of benzene rings is 1. The minimum atomic E-state index is -0.377. The third kappa shape index (κ3) is 5.96. The van der Waals surface area contributed by atoms with Gasteiger partial charge in [0.1, 0.15) is 0 Å². The van der Waals surface area contributed by atoms with E-state index >= 15 is 0 Å². The second-order valence-corrected chi connectivity index (χ2v) is 6.42. The first-order chi connectivity index (χ1) is 12.1. The number of nitrogens with one attached hydrogen (secondary N) is 2. The molecule has 0 atom stereocenters. The quantitative estimate of drug-likeness (QED) is 0.742. The minimum absolute atomic E-state index is 0.143. The van der Waals surface area contributed by atoms with E-state index in [9.17, 15) is 9.59 Å². The van der Waals surface area contributed by atoms with Gasteiger partial charge in [0.25, 0.3) is 5.91 Å². The van der Waals surface area contributed by atoms with Crippen LogP contribution in [0.3, 0.4) is 0 Å². The van der Waals surface area contributed by atoms with Crippen LogP contribution in [0.25, 0.3) is 0 Å². The standard InChI is InChI=1S/C19H28N2O4/c1-3-11-25-16-10-9-15(13-17(16)24-2)19(23)21-20-18(22)12-14-7-5-4-6-8-14/h9-10,13-14H,3-8,11-12H2,1-2H3,(H,20,22)(H,21,23). The molecule has 2 rings (SSSR count). The van der Waals surface area contributed by atoms with Gasteiger partial charge in [0.2, 0.25) is 5.91 Å². The molecule has 0 heterocycles. The van der Waals surface area contributed by atoms with Gasteiger partial charge in [-0.05, 0) is 43.4 Å². The van der Waals surface area contributed by atoms with Crippen LogP contribution in [0.5, 0.6) is 11.5 Å². The number of ether oxygens (including phenoxy) is 2. The first kappa shape index (κ1) is 19.1.